The summed E-state index contributed by atoms with van der Waals surface area (Å²) in [5.41, 5.74) is 2.01. The summed E-state index contributed by atoms with van der Waals surface area (Å²) in [6.07, 6.45) is 4.58. The molecule has 3 rings (SSSR count). The quantitative estimate of drug-likeness (QED) is 0.740. The van der Waals surface area contributed by atoms with Gasteiger partial charge in [0.2, 0.25) is 9.84 Å². The maximum atomic E-state index is 13.0. The van der Waals surface area contributed by atoms with E-state index in [0.717, 1.165) is 5.56 Å². The van der Waals surface area contributed by atoms with Gasteiger partial charge in [-0.25, -0.2) is 18.4 Å². The Balaban J connectivity index is 2.22. The topological polar surface area (TPSA) is 72.8 Å². The number of hydrogen-bond donors (Lipinski definition) is 0. The molecule has 0 aliphatic rings. The molecule has 0 atom stereocenters. The Hall–Kier alpha value is -2.60. The lowest BCUT2D eigenvalue weighted by molar-refractivity contribution is 0.595. The van der Waals surface area contributed by atoms with E-state index in [9.17, 15) is 8.42 Å². The predicted molar refractivity (Wildman–Crippen MR) is 86.6 cm³/mol. The van der Waals surface area contributed by atoms with Gasteiger partial charge < -0.3 is 0 Å². The highest BCUT2D eigenvalue weighted by Crippen LogP contribution is 2.29. The Labute approximate surface area is 135 Å². The van der Waals surface area contributed by atoms with Gasteiger partial charge in [0.15, 0.2) is 0 Å². The average molecular weight is 325 g/mol. The number of aryl methyl sites for hydroxylation is 2. The highest BCUT2D eigenvalue weighted by molar-refractivity contribution is 7.91. The van der Waals surface area contributed by atoms with Gasteiger partial charge in [0.05, 0.1) is 16.8 Å². The van der Waals surface area contributed by atoms with E-state index >= 15 is 0 Å². The van der Waals surface area contributed by atoms with E-state index in [-0.39, 0.29) is 9.79 Å². The number of rotatable bonds is 3. The molecule has 2 aromatic heterocycles. The van der Waals surface area contributed by atoms with E-state index in [1.807, 2.05) is 6.92 Å². The Morgan fingerprint density at radius 2 is 1.70 bits per heavy atom. The van der Waals surface area contributed by atoms with Crippen molar-refractivity contribution >= 4 is 9.84 Å². The molecular weight excluding hydrogens is 310 g/mol. The lowest BCUT2D eigenvalue weighted by Crippen LogP contribution is -2.07. The van der Waals surface area contributed by atoms with Crippen LogP contribution in [0.15, 0.2) is 64.8 Å². The zero-order valence-electron chi connectivity index (χ0n) is 12.8. The molecule has 23 heavy (non-hydrogen) atoms. The summed E-state index contributed by atoms with van der Waals surface area (Å²) in [5.74, 6) is 0.506. The van der Waals surface area contributed by atoms with Gasteiger partial charge in [0.25, 0.3) is 0 Å². The van der Waals surface area contributed by atoms with Crippen LogP contribution in [0.1, 0.15) is 11.4 Å². The SMILES string of the molecule is Cc1ccc(S(=O)(=O)c2cnc(C)nc2-c2cccnc2)cc1. The first kappa shape index (κ1) is 15.3. The molecule has 0 radical (unpaired) electrons. The minimum absolute atomic E-state index is 0.0833. The van der Waals surface area contributed by atoms with E-state index in [1.54, 1.807) is 55.7 Å². The van der Waals surface area contributed by atoms with Gasteiger partial charge in [-0.3, -0.25) is 4.98 Å². The molecule has 0 spiro atoms. The summed E-state index contributed by atoms with van der Waals surface area (Å²) in [5, 5.41) is 0. The second kappa shape index (κ2) is 5.89. The van der Waals surface area contributed by atoms with Gasteiger partial charge in [-0.15, -0.1) is 0 Å². The Morgan fingerprint density at radius 3 is 2.35 bits per heavy atom. The van der Waals surface area contributed by atoms with Crippen molar-refractivity contribution in [2.75, 3.05) is 0 Å². The van der Waals surface area contributed by atoms with Crippen LogP contribution in [0.2, 0.25) is 0 Å². The number of nitrogens with zero attached hydrogens (tertiary/aromatic N) is 3. The normalized spacial score (nSPS) is 11.4. The zero-order valence-corrected chi connectivity index (χ0v) is 13.6. The van der Waals surface area contributed by atoms with Crippen molar-refractivity contribution in [1.29, 1.82) is 0 Å². The fraction of sp³-hybridized carbons (Fsp3) is 0.118. The van der Waals surface area contributed by atoms with E-state index in [0.29, 0.717) is 17.1 Å². The van der Waals surface area contributed by atoms with Gasteiger partial charge in [-0.05, 0) is 38.1 Å². The fourth-order valence-electron chi connectivity index (χ4n) is 2.21. The van der Waals surface area contributed by atoms with Crippen molar-refractivity contribution in [3.63, 3.8) is 0 Å². The largest absolute Gasteiger partial charge is 0.264 e. The summed E-state index contributed by atoms with van der Waals surface area (Å²) in [6.45, 7) is 3.63. The number of aromatic nitrogens is 3. The summed E-state index contributed by atoms with van der Waals surface area (Å²) in [4.78, 5) is 12.7. The third-order valence-corrected chi connectivity index (χ3v) is 5.20. The van der Waals surface area contributed by atoms with Crippen molar-refractivity contribution in [2.45, 2.75) is 23.6 Å². The van der Waals surface area contributed by atoms with Crippen molar-refractivity contribution in [1.82, 2.24) is 15.0 Å². The van der Waals surface area contributed by atoms with Gasteiger partial charge in [-0.1, -0.05) is 17.7 Å². The van der Waals surface area contributed by atoms with Crippen LogP contribution in [0.3, 0.4) is 0 Å². The molecule has 3 aromatic rings. The molecule has 6 heteroatoms. The summed E-state index contributed by atoms with van der Waals surface area (Å²) >= 11 is 0. The Kier molecular flexibility index (Phi) is 3.92. The number of sulfone groups is 1. The van der Waals surface area contributed by atoms with Crippen molar-refractivity contribution in [2.24, 2.45) is 0 Å². The number of pyridine rings is 1. The monoisotopic (exact) mass is 325 g/mol. The molecule has 2 heterocycles. The highest BCUT2D eigenvalue weighted by Gasteiger charge is 2.24. The molecule has 5 nitrogen and oxygen atoms in total. The van der Waals surface area contributed by atoms with Crippen LogP contribution in [0.25, 0.3) is 11.3 Å². The molecule has 116 valence electrons. The van der Waals surface area contributed by atoms with Crippen LogP contribution in [0.4, 0.5) is 0 Å². The van der Waals surface area contributed by atoms with Crippen LogP contribution >= 0.6 is 0 Å². The maximum absolute atomic E-state index is 13.0. The summed E-state index contributed by atoms with van der Waals surface area (Å²) in [7, 11) is -3.70. The van der Waals surface area contributed by atoms with Crippen LogP contribution < -0.4 is 0 Å². The third-order valence-electron chi connectivity index (χ3n) is 3.43. The third kappa shape index (κ3) is 2.98. The number of hydrogen-bond acceptors (Lipinski definition) is 5. The second-order valence-electron chi connectivity index (χ2n) is 5.19. The molecule has 0 bridgehead atoms. The lowest BCUT2D eigenvalue weighted by atomic mass is 10.2. The molecule has 0 saturated carbocycles. The van der Waals surface area contributed by atoms with Crippen LogP contribution in [0, 0.1) is 13.8 Å². The average Bonchev–Trinajstić information content (AvgIpc) is 2.56. The van der Waals surface area contributed by atoms with E-state index < -0.39 is 9.84 Å². The molecule has 0 aliphatic carbocycles. The molecule has 1 aromatic carbocycles. The summed E-state index contributed by atoms with van der Waals surface area (Å²) < 4.78 is 25.9. The van der Waals surface area contributed by atoms with E-state index in [1.165, 1.54) is 6.20 Å². The molecule has 0 N–H and O–H groups in total. The van der Waals surface area contributed by atoms with Crippen molar-refractivity contribution < 1.29 is 8.42 Å². The van der Waals surface area contributed by atoms with Gasteiger partial charge >= 0.3 is 0 Å². The van der Waals surface area contributed by atoms with Gasteiger partial charge in [0.1, 0.15) is 10.7 Å². The standard InChI is InChI=1S/C17H15N3O2S/c1-12-5-7-15(8-6-12)23(21,22)16-11-19-13(2)20-17(16)14-4-3-9-18-10-14/h3-11H,1-2H3. The maximum Gasteiger partial charge on any atom is 0.210 e. The molecule has 0 aliphatic heterocycles. The summed E-state index contributed by atoms with van der Waals surface area (Å²) in [6, 6.07) is 10.3. The minimum atomic E-state index is -3.70. The van der Waals surface area contributed by atoms with Crippen molar-refractivity contribution in [3.8, 4) is 11.3 Å². The molecule has 0 saturated heterocycles. The Morgan fingerprint density at radius 1 is 0.957 bits per heavy atom. The smallest absolute Gasteiger partial charge is 0.210 e. The van der Waals surface area contributed by atoms with Crippen LogP contribution in [0.5, 0.6) is 0 Å². The first-order chi connectivity index (χ1) is 11.0. The Bertz CT molecular complexity index is 937. The second-order valence-corrected chi connectivity index (χ2v) is 7.11. The van der Waals surface area contributed by atoms with Gasteiger partial charge in [-0.2, -0.15) is 0 Å². The van der Waals surface area contributed by atoms with E-state index in [4.69, 9.17) is 0 Å². The minimum Gasteiger partial charge on any atom is -0.264 e. The van der Waals surface area contributed by atoms with E-state index in [2.05, 4.69) is 15.0 Å². The molecule has 0 amide bonds. The zero-order chi connectivity index (χ0) is 16.4. The van der Waals surface area contributed by atoms with Gasteiger partial charge in [0, 0.05) is 18.0 Å². The molecule has 0 unspecified atom stereocenters. The lowest BCUT2D eigenvalue weighted by Gasteiger charge is -2.10. The first-order valence-corrected chi connectivity index (χ1v) is 8.52. The molecular formula is C17H15N3O2S. The van der Waals surface area contributed by atoms with Crippen LogP contribution in [-0.2, 0) is 9.84 Å². The highest BCUT2D eigenvalue weighted by atomic mass is 32.2. The fourth-order valence-corrected chi connectivity index (χ4v) is 3.57. The predicted octanol–water partition coefficient (Wildman–Crippen LogP) is 2.99. The first-order valence-electron chi connectivity index (χ1n) is 7.04. The van der Waals surface area contributed by atoms with Crippen molar-refractivity contribution in [3.05, 3.63) is 66.4 Å². The molecule has 0 fully saturated rings. The number of benzene rings is 1. The van der Waals surface area contributed by atoms with Crippen LogP contribution in [-0.4, -0.2) is 23.4 Å².